The van der Waals surface area contributed by atoms with Gasteiger partial charge in [-0.1, -0.05) is 12.1 Å². The highest BCUT2D eigenvalue weighted by molar-refractivity contribution is 6.04. The largest absolute Gasteiger partial charge is 0.453 e. The third kappa shape index (κ3) is 3.23. The Morgan fingerprint density at radius 3 is 2.50 bits per heavy atom. The van der Waals surface area contributed by atoms with Crippen LogP contribution in [-0.4, -0.2) is 50.3 Å². The van der Waals surface area contributed by atoms with Gasteiger partial charge in [-0.3, -0.25) is 19.1 Å². The summed E-state index contributed by atoms with van der Waals surface area (Å²) < 4.78 is 8.41. The normalized spacial score (nSPS) is 14.9. The van der Waals surface area contributed by atoms with Crippen LogP contribution in [0.4, 0.5) is 4.79 Å². The van der Waals surface area contributed by atoms with Gasteiger partial charge in [0.2, 0.25) is 0 Å². The summed E-state index contributed by atoms with van der Waals surface area (Å²) in [5.41, 5.74) is 5.49. The Bertz CT molecular complexity index is 1380. The van der Waals surface area contributed by atoms with Crippen molar-refractivity contribution in [1.82, 2.24) is 24.0 Å². The molecule has 0 aliphatic carbocycles. The number of rotatable bonds is 2. The number of carbonyl (C=O) groups excluding carboxylic acids is 1. The van der Waals surface area contributed by atoms with E-state index in [4.69, 9.17) is 4.74 Å². The van der Waals surface area contributed by atoms with Crippen molar-refractivity contribution in [3.8, 4) is 11.1 Å². The van der Waals surface area contributed by atoms with E-state index in [1.54, 1.807) is 22.7 Å². The maximum absolute atomic E-state index is 13.3. The van der Waals surface area contributed by atoms with Crippen LogP contribution in [0.25, 0.3) is 33.1 Å². The van der Waals surface area contributed by atoms with Gasteiger partial charge in [0.15, 0.2) is 0 Å². The average molecular weight is 431 g/mol. The number of carbonyl (C=O) groups is 1. The molecule has 0 spiro atoms. The molecule has 0 bridgehead atoms. The minimum Gasteiger partial charge on any atom is -0.453 e. The first kappa shape index (κ1) is 20.2. The van der Waals surface area contributed by atoms with Gasteiger partial charge in [0.25, 0.3) is 0 Å². The van der Waals surface area contributed by atoms with E-state index in [2.05, 4.69) is 22.1 Å². The number of pyridine rings is 2. The monoisotopic (exact) mass is 431 g/mol. The Morgan fingerprint density at radius 1 is 1.06 bits per heavy atom. The average Bonchev–Trinajstić information content (AvgIpc) is 3.09. The number of aryl methyl sites for hydroxylation is 2. The zero-order chi connectivity index (χ0) is 22.4. The number of hydrogen-bond acceptors (Lipinski definition) is 5. The summed E-state index contributed by atoms with van der Waals surface area (Å²) in [5.74, 6) is 0. The van der Waals surface area contributed by atoms with Crippen molar-refractivity contribution in [1.29, 1.82) is 0 Å². The highest BCUT2D eigenvalue weighted by Gasteiger charge is 2.28. The lowest BCUT2D eigenvalue weighted by molar-refractivity contribution is 0.107. The van der Waals surface area contributed by atoms with Gasteiger partial charge in [0, 0.05) is 49.0 Å². The van der Waals surface area contributed by atoms with Crippen LogP contribution in [0, 0.1) is 6.92 Å². The molecular formula is C24H25N5O3. The lowest BCUT2D eigenvalue weighted by Crippen LogP contribution is -2.40. The molecule has 0 radical (unpaired) electrons. The molecule has 0 saturated carbocycles. The van der Waals surface area contributed by atoms with Crippen molar-refractivity contribution in [2.24, 2.45) is 7.05 Å². The van der Waals surface area contributed by atoms with Gasteiger partial charge in [-0.2, -0.15) is 0 Å². The first-order chi connectivity index (χ1) is 15.5. The van der Waals surface area contributed by atoms with Crippen LogP contribution in [0.2, 0.25) is 0 Å². The summed E-state index contributed by atoms with van der Waals surface area (Å²) in [6, 6.07) is 10.2. The highest BCUT2D eigenvalue weighted by Crippen LogP contribution is 2.32. The predicted octanol–water partition coefficient (Wildman–Crippen LogP) is 3.66. The summed E-state index contributed by atoms with van der Waals surface area (Å²) in [6.07, 6.45) is 4.70. The van der Waals surface area contributed by atoms with Crippen LogP contribution in [0.3, 0.4) is 0 Å². The second-order valence-corrected chi connectivity index (χ2v) is 8.31. The number of piperidine rings is 1. The van der Waals surface area contributed by atoms with E-state index < -0.39 is 0 Å². The second kappa shape index (κ2) is 7.78. The molecule has 164 valence electrons. The number of benzene rings is 1. The molecule has 1 aliphatic rings. The number of nitrogens with zero attached hydrogens (tertiary/aromatic N) is 5. The Kier molecular flexibility index (Phi) is 4.92. The topological polar surface area (TPSA) is 82.2 Å². The van der Waals surface area contributed by atoms with Gasteiger partial charge in [-0.25, -0.2) is 9.59 Å². The summed E-state index contributed by atoms with van der Waals surface area (Å²) in [7, 11) is 3.18. The van der Waals surface area contributed by atoms with Crippen molar-refractivity contribution < 1.29 is 9.53 Å². The molecular weight excluding hydrogens is 406 g/mol. The number of ether oxygens (including phenoxy) is 1. The third-order valence-electron chi connectivity index (χ3n) is 6.42. The van der Waals surface area contributed by atoms with Crippen LogP contribution >= 0.6 is 0 Å². The molecule has 0 unspecified atom stereocenters. The van der Waals surface area contributed by atoms with Crippen LogP contribution in [0.5, 0.6) is 0 Å². The van der Waals surface area contributed by atoms with E-state index >= 15 is 0 Å². The van der Waals surface area contributed by atoms with Gasteiger partial charge in [-0.15, -0.1) is 0 Å². The maximum atomic E-state index is 13.3. The fourth-order valence-corrected chi connectivity index (χ4v) is 4.62. The van der Waals surface area contributed by atoms with E-state index in [0.29, 0.717) is 25.9 Å². The van der Waals surface area contributed by atoms with Gasteiger partial charge in [-0.05, 0) is 43.5 Å². The van der Waals surface area contributed by atoms with Crippen molar-refractivity contribution >= 4 is 28.0 Å². The number of imidazole rings is 1. The predicted molar refractivity (Wildman–Crippen MR) is 123 cm³/mol. The summed E-state index contributed by atoms with van der Waals surface area (Å²) in [6.45, 7) is 3.08. The van der Waals surface area contributed by atoms with Crippen LogP contribution in [0.15, 0.2) is 47.5 Å². The zero-order valence-electron chi connectivity index (χ0n) is 18.4. The Morgan fingerprint density at radius 2 is 1.81 bits per heavy atom. The van der Waals surface area contributed by atoms with Gasteiger partial charge >= 0.3 is 11.8 Å². The van der Waals surface area contributed by atoms with Crippen LogP contribution in [0.1, 0.15) is 24.6 Å². The standard InChI is InChI=1S/C24H25N5O3/c1-15-4-5-17(13-25-15)16-6-7-20-19(12-16)22-21(14-26-20)27(2)23(30)29(22)18-8-10-28(11-9-18)24(31)32-3/h4-7,12-14,18H,8-11H2,1-3H3. The second-order valence-electron chi connectivity index (χ2n) is 8.31. The molecule has 0 N–H and O–H groups in total. The SMILES string of the molecule is COC(=O)N1CCC(n2c(=O)n(C)c3cnc4ccc(-c5ccc(C)nc5)cc4c32)CC1. The number of amides is 1. The molecule has 1 fully saturated rings. The molecule has 1 aromatic carbocycles. The number of fused-ring (bicyclic) bond motifs is 3. The first-order valence-corrected chi connectivity index (χ1v) is 10.7. The molecule has 8 heteroatoms. The number of aromatic nitrogens is 4. The smallest absolute Gasteiger partial charge is 0.409 e. The molecule has 8 nitrogen and oxygen atoms in total. The molecule has 4 heterocycles. The van der Waals surface area contributed by atoms with Gasteiger partial charge < -0.3 is 9.64 Å². The van der Waals surface area contributed by atoms with Crippen molar-refractivity contribution in [2.75, 3.05) is 20.2 Å². The molecule has 5 rings (SSSR count). The Labute approximate surface area is 185 Å². The maximum Gasteiger partial charge on any atom is 0.409 e. The lowest BCUT2D eigenvalue weighted by atomic mass is 10.0. The number of likely N-dealkylation sites (tertiary alicyclic amines) is 1. The summed E-state index contributed by atoms with van der Waals surface area (Å²) in [4.78, 5) is 35.9. The Hall–Kier alpha value is -3.68. The molecule has 1 aliphatic heterocycles. The molecule has 32 heavy (non-hydrogen) atoms. The van der Waals surface area contributed by atoms with Gasteiger partial charge in [0.1, 0.15) is 0 Å². The fourth-order valence-electron chi connectivity index (χ4n) is 4.62. The molecule has 4 aromatic rings. The zero-order valence-corrected chi connectivity index (χ0v) is 18.4. The lowest BCUT2D eigenvalue weighted by Gasteiger charge is -2.31. The molecule has 0 atom stereocenters. The quantitative estimate of drug-likeness (QED) is 0.484. The summed E-state index contributed by atoms with van der Waals surface area (Å²) in [5, 5.41) is 0.939. The van der Waals surface area contributed by atoms with E-state index in [1.165, 1.54) is 7.11 Å². The van der Waals surface area contributed by atoms with Crippen molar-refractivity contribution in [3.63, 3.8) is 0 Å². The van der Waals surface area contributed by atoms with E-state index in [1.807, 2.05) is 35.9 Å². The minimum absolute atomic E-state index is 0.00223. The van der Waals surface area contributed by atoms with Crippen molar-refractivity contribution in [2.45, 2.75) is 25.8 Å². The molecule has 1 saturated heterocycles. The van der Waals surface area contributed by atoms with Crippen LogP contribution < -0.4 is 5.69 Å². The Balaban J connectivity index is 1.65. The molecule has 1 amide bonds. The summed E-state index contributed by atoms with van der Waals surface area (Å²) >= 11 is 0. The van der Waals surface area contributed by atoms with E-state index in [-0.39, 0.29) is 17.8 Å². The highest BCUT2D eigenvalue weighted by atomic mass is 16.5. The van der Waals surface area contributed by atoms with Crippen molar-refractivity contribution in [3.05, 3.63) is 58.9 Å². The van der Waals surface area contributed by atoms with Crippen LogP contribution in [-0.2, 0) is 11.8 Å². The molecule has 3 aromatic heterocycles. The number of methoxy groups -OCH3 is 1. The fraction of sp³-hybridized carbons (Fsp3) is 0.333. The number of hydrogen-bond donors (Lipinski definition) is 0. The third-order valence-corrected chi connectivity index (χ3v) is 6.42. The first-order valence-electron chi connectivity index (χ1n) is 10.7. The van der Waals surface area contributed by atoms with Gasteiger partial charge in [0.05, 0.1) is 29.9 Å². The minimum atomic E-state index is -0.320. The van der Waals surface area contributed by atoms with E-state index in [9.17, 15) is 9.59 Å². The van der Waals surface area contributed by atoms with E-state index in [0.717, 1.165) is 38.8 Å².